The van der Waals surface area contributed by atoms with Crippen LogP contribution in [0.3, 0.4) is 0 Å². The Kier molecular flexibility index (Phi) is 4.91. The van der Waals surface area contributed by atoms with E-state index in [1.54, 1.807) is 0 Å². The van der Waals surface area contributed by atoms with E-state index in [2.05, 4.69) is 24.1 Å². The number of nitrogens with one attached hydrogen (secondary N) is 1. The summed E-state index contributed by atoms with van der Waals surface area (Å²) < 4.78 is 0. The first kappa shape index (κ1) is 14.7. The van der Waals surface area contributed by atoms with Crippen molar-refractivity contribution in [3.8, 4) is 0 Å². The summed E-state index contributed by atoms with van der Waals surface area (Å²) in [6, 6.07) is 7.67. The van der Waals surface area contributed by atoms with Crippen LogP contribution in [-0.2, 0) is 0 Å². The number of hydrogen-bond acceptors (Lipinski definition) is 2. The molecular formula is C15H24N2O. The fourth-order valence-corrected chi connectivity index (χ4v) is 1.99. The summed E-state index contributed by atoms with van der Waals surface area (Å²) in [5.41, 5.74) is 1.70. The Morgan fingerprint density at radius 3 is 2.28 bits per heavy atom. The van der Waals surface area contributed by atoms with Gasteiger partial charge in [-0.15, -0.1) is 0 Å². The predicted molar refractivity (Wildman–Crippen MR) is 75.9 cm³/mol. The highest BCUT2D eigenvalue weighted by molar-refractivity contribution is 5.94. The van der Waals surface area contributed by atoms with Gasteiger partial charge in [-0.25, -0.2) is 0 Å². The van der Waals surface area contributed by atoms with Gasteiger partial charge < -0.3 is 10.2 Å². The summed E-state index contributed by atoms with van der Waals surface area (Å²) in [5, 5.41) is 3.13. The van der Waals surface area contributed by atoms with E-state index < -0.39 is 0 Å². The first-order chi connectivity index (χ1) is 8.36. The van der Waals surface area contributed by atoms with Crippen molar-refractivity contribution >= 4 is 5.91 Å². The predicted octanol–water partition coefficient (Wildman–Crippen LogP) is 2.46. The smallest absolute Gasteiger partial charge is 0.251 e. The van der Waals surface area contributed by atoms with Crippen LogP contribution in [0.5, 0.6) is 0 Å². The Labute approximate surface area is 110 Å². The number of nitrogens with zero attached hydrogens (tertiary/aromatic N) is 1. The fraction of sp³-hybridized carbons (Fsp3) is 0.533. The standard InChI is InChI=1S/C15H24N2O/c1-6-15(3,11-17(4)5)16-14(18)13-9-7-12(2)8-10-13/h7-10H,6,11H2,1-5H3,(H,16,18). The van der Waals surface area contributed by atoms with Gasteiger partial charge in [0, 0.05) is 17.6 Å². The molecule has 0 fully saturated rings. The lowest BCUT2D eigenvalue weighted by Gasteiger charge is -2.32. The molecule has 1 amide bonds. The molecule has 0 bridgehead atoms. The maximum Gasteiger partial charge on any atom is 0.251 e. The Balaban J connectivity index is 2.76. The van der Waals surface area contributed by atoms with Gasteiger partial charge in [0.05, 0.1) is 0 Å². The summed E-state index contributed by atoms with van der Waals surface area (Å²) >= 11 is 0. The van der Waals surface area contributed by atoms with Crippen molar-refractivity contribution in [1.29, 1.82) is 0 Å². The first-order valence-electron chi connectivity index (χ1n) is 6.40. The molecule has 0 aliphatic rings. The summed E-state index contributed by atoms with van der Waals surface area (Å²) in [6.07, 6.45) is 0.906. The molecule has 0 heterocycles. The Hall–Kier alpha value is -1.35. The highest BCUT2D eigenvalue weighted by Gasteiger charge is 2.25. The summed E-state index contributed by atoms with van der Waals surface area (Å²) in [5.74, 6) is 0.00111. The van der Waals surface area contributed by atoms with Crippen molar-refractivity contribution in [2.45, 2.75) is 32.7 Å². The third-order valence-corrected chi connectivity index (χ3v) is 3.17. The van der Waals surface area contributed by atoms with Crippen LogP contribution in [0.25, 0.3) is 0 Å². The van der Waals surface area contributed by atoms with Crippen LogP contribution < -0.4 is 5.32 Å². The average molecular weight is 248 g/mol. The molecule has 0 aromatic heterocycles. The molecule has 1 aromatic carbocycles. The second-order valence-corrected chi connectivity index (χ2v) is 5.47. The number of rotatable bonds is 5. The molecule has 3 heteroatoms. The van der Waals surface area contributed by atoms with Crippen molar-refractivity contribution in [3.63, 3.8) is 0 Å². The van der Waals surface area contributed by atoms with Crippen LogP contribution in [0.2, 0.25) is 0 Å². The van der Waals surface area contributed by atoms with Crippen molar-refractivity contribution in [3.05, 3.63) is 35.4 Å². The zero-order valence-electron chi connectivity index (χ0n) is 12.1. The molecule has 1 atom stereocenters. The maximum absolute atomic E-state index is 12.2. The third-order valence-electron chi connectivity index (χ3n) is 3.17. The zero-order chi connectivity index (χ0) is 13.8. The summed E-state index contributed by atoms with van der Waals surface area (Å²) in [4.78, 5) is 14.3. The van der Waals surface area contributed by atoms with Gasteiger partial charge >= 0.3 is 0 Å². The maximum atomic E-state index is 12.2. The zero-order valence-corrected chi connectivity index (χ0v) is 12.1. The first-order valence-corrected chi connectivity index (χ1v) is 6.40. The van der Waals surface area contributed by atoms with E-state index in [-0.39, 0.29) is 11.4 Å². The van der Waals surface area contributed by atoms with Crippen molar-refractivity contribution in [1.82, 2.24) is 10.2 Å². The Bertz CT molecular complexity index is 397. The van der Waals surface area contributed by atoms with Gasteiger partial charge in [0.25, 0.3) is 5.91 Å². The lowest BCUT2D eigenvalue weighted by atomic mass is 9.97. The van der Waals surface area contributed by atoms with Crippen LogP contribution in [0.15, 0.2) is 24.3 Å². The fourth-order valence-electron chi connectivity index (χ4n) is 1.99. The third kappa shape index (κ3) is 4.15. The second kappa shape index (κ2) is 6.01. The number of hydrogen-bond donors (Lipinski definition) is 1. The van der Waals surface area contributed by atoms with Crippen molar-refractivity contribution in [2.24, 2.45) is 0 Å². The van der Waals surface area contributed by atoms with E-state index in [4.69, 9.17) is 0 Å². The van der Waals surface area contributed by atoms with Crippen LogP contribution in [0.4, 0.5) is 0 Å². The monoisotopic (exact) mass is 248 g/mol. The lowest BCUT2D eigenvalue weighted by Crippen LogP contribution is -2.51. The molecule has 0 radical (unpaired) electrons. The molecule has 3 nitrogen and oxygen atoms in total. The molecule has 0 saturated heterocycles. The van der Waals surface area contributed by atoms with E-state index in [9.17, 15) is 4.79 Å². The van der Waals surface area contributed by atoms with E-state index in [0.29, 0.717) is 0 Å². The highest BCUT2D eigenvalue weighted by Crippen LogP contribution is 2.12. The largest absolute Gasteiger partial charge is 0.346 e. The van der Waals surface area contributed by atoms with E-state index in [1.165, 1.54) is 0 Å². The average Bonchev–Trinajstić information content (AvgIpc) is 2.28. The number of aryl methyl sites for hydroxylation is 1. The quantitative estimate of drug-likeness (QED) is 0.868. The summed E-state index contributed by atoms with van der Waals surface area (Å²) in [6.45, 7) is 7.03. The topological polar surface area (TPSA) is 32.3 Å². The number of likely N-dealkylation sites (N-methyl/N-ethyl adjacent to an activating group) is 1. The Morgan fingerprint density at radius 1 is 1.28 bits per heavy atom. The molecule has 1 unspecified atom stereocenters. The molecule has 0 saturated carbocycles. The molecule has 0 aliphatic carbocycles. The number of amides is 1. The summed E-state index contributed by atoms with van der Waals surface area (Å²) in [7, 11) is 4.04. The normalized spacial score (nSPS) is 14.3. The highest BCUT2D eigenvalue weighted by atomic mass is 16.1. The van der Waals surface area contributed by atoms with E-state index in [0.717, 1.165) is 24.1 Å². The molecular weight excluding hydrogens is 224 g/mol. The minimum Gasteiger partial charge on any atom is -0.346 e. The SMILES string of the molecule is CCC(C)(CN(C)C)NC(=O)c1ccc(C)cc1. The number of benzene rings is 1. The van der Waals surface area contributed by atoms with Crippen LogP contribution in [0.1, 0.15) is 36.2 Å². The van der Waals surface area contributed by atoms with Crippen LogP contribution in [-0.4, -0.2) is 37.0 Å². The van der Waals surface area contributed by atoms with Crippen molar-refractivity contribution < 1.29 is 4.79 Å². The number of carbonyl (C=O) groups is 1. The molecule has 1 N–H and O–H groups in total. The Morgan fingerprint density at radius 2 is 1.83 bits per heavy atom. The van der Waals surface area contributed by atoms with Gasteiger partial charge in [0.1, 0.15) is 0 Å². The minimum absolute atomic E-state index is 0.00111. The van der Waals surface area contributed by atoms with E-state index in [1.807, 2.05) is 45.3 Å². The van der Waals surface area contributed by atoms with Gasteiger partial charge in [-0.2, -0.15) is 0 Å². The van der Waals surface area contributed by atoms with Gasteiger partial charge in [0.15, 0.2) is 0 Å². The molecule has 0 aliphatic heterocycles. The second-order valence-electron chi connectivity index (χ2n) is 5.47. The van der Waals surface area contributed by atoms with Crippen LogP contribution in [0, 0.1) is 6.92 Å². The van der Waals surface area contributed by atoms with Crippen LogP contribution >= 0.6 is 0 Å². The van der Waals surface area contributed by atoms with E-state index >= 15 is 0 Å². The molecule has 18 heavy (non-hydrogen) atoms. The lowest BCUT2D eigenvalue weighted by molar-refractivity contribution is 0.0886. The molecule has 1 rings (SSSR count). The number of carbonyl (C=O) groups excluding carboxylic acids is 1. The molecule has 100 valence electrons. The molecule has 0 spiro atoms. The van der Waals surface area contributed by atoms with Crippen molar-refractivity contribution in [2.75, 3.05) is 20.6 Å². The minimum atomic E-state index is -0.189. The molecule has 1 aromatic rings. The van der Waals surface area contributed by atoms with Gasteiger partial charge in [-0.1, -0.05) is 24.6 Å². The van der Waals surface area contributed by atoms with Gasteiger partial charge in [-0.3, -0.25) is 4.79 Å². The van der Waals surface area contributed by atoms with Gasteiger partial charge in [0.2, 0.25) is 0 Å². The van der Waals surface area contributed by atoms with Gasteiger partial charge in [-0.05, 0) is 46.5 Å².